The lowest BCUT2D eigenvalue weighted by Crippen LogP contribution is -2.46. The third-order valence-corrected chi connectivity index (χ3v) is 3.59. The number of hydrogen-bond acceptors (Lipinski definition) is 4. The van der Waals surface area contributed by atoms with Gasteiger partial charge in [0, 0.05) is 31.9 Å². The Morgan fingerprint density at radius 2 is 1.32 bits per heavy atom. The first-order chi connectivity index (χ1) is 9.33. The first-order valence-corrected chi connectivity index (χ1v) is 6.64. The Labute approximate surface area is 113 Å². The average Bonchev–Trinajstić information content (AvgIpc) is 2.49. The molecule has 0 aliphatic carbocycles. The van der Waals surface area contributed by atoms with Crippen molar-refractivity contribution in [3.8, 4) is 0 Å². The molecule has 1 fully saturated rings. The second-order valence-electron chi connectivity index (χ2n) is 4.91. The zero-order valence-corrected chi connectivity index (χ0v) is 11.2. The van der Waals surface area contributed by atoms with Crippen molar-refractivity contribution in [2.45, 2.75) is 6.92 Å². The highest BCUT2D eigenvalue weighted by Crippen LogP contribution is 2.19. The quantitative estimate of drug-likeness (QED) is 0.821. The highest BCUT2D eigenvalue weighted by atomic mass is 15.3. The van der Waals surface area contributed by atoms with E-state index in [1.807, 2.05) is 12.4 Å². The second-order valence-corrected chi connectivity index (χ2v) is 4.91. The van der Waals surface area contributed by atoms with E-state index in [4.69, 9.17) is 0 Å². The van der Waals surface area contributed by atoms with Gasteiger partial charge in [-0.3, -0.25) is 0 Å². The first kappa shape index (κ1) is 12.0. The van der Waals surface area contributed by atoms with Gasteiger partial charge in [-0.25, -0.2) is 9.97 Å². The van der Waals surface area contributed by atoms with Crippen molar-refractivity contribution in [2.75, 3.05) is 36.0 Å². The summed E-state index contributed by atoms with van der Waals surface area (Å²) in [5, 5.41) is 0. The Morgan fingerprint density at radius 3 is 1.89 bits per heavy atom. The Balaban J connectivity index is 1.65. The van der Waals surface area contributed by atoms with E-state index in [1.165, 1.54) is 11.3 Å². The van der Waals surface area contributed by atoms with Gasteiger partial charge in [-0.1, -0.05) is 17.7 Å². The van der Waals surface area contributed by atoms with Crippen molar-refractivity contribution in [3.63, 3.8) is 0 Å². The topological polar surface area (TPSA) is 32.3 Å². The van der Waals surface area contributed by atoms with E-state index in [9.17, 15) is 0 Å². The van der Waals surface area contributed by atoms with Gasteiger partial charge in [0.25, 0.3) is 0 Å². The summed E-state index contributed by atoms with van der Waals surface area (Å²) in [7, 11) is 0. The number of aromatic nitrogens is 2. The van der Waals surface area contributed by atoms with Crippen LogP contribution in [0.1, 0.15) is 5.56 Å². The summed E-state index contributed by atoms with van der Waals surface area (Å²) < 4.78 is 0. The fourth-order valence-electron chi connectivity index (χ4n) is 2.43. The third kappa shape index (κ3) is 2.67. The molecular formula is C15H18N4. The molecule has 0 amide bonds. The molecule has 1 saturated heterocycles. The van der Waals surface area contributed by atoms with Gasteiger partial charge in [0.1, 0.15) is 6.33 Å². The van der Waals surface area contributed by atoms with E-state index in [2.05, 4.69) is 51.0 Å². The molecule has 1 aliphatic heterocycles. The standard InChI is InChI=1S/C15H18N4/c1-13-2-4-14(5-3-13)18-6-8-19(9-7-18)15-10-16-12-17-11-15/h2-5,10-12H,6-9H2,1H3. The molecule has 19 heavy (non-hydrogen) atoms. The molecule has 2 aromatic rings. The van der Waals surface area contributed by atoms with Crippen molar-refractivity contribution in [3.05, 3.63) is 48.5 Å². The molecule has 4 heteroatoms. The summed E-state index contributed by atoms with van der Waals surface area (Å²) >= 11 is 0. The van der Waals surface area contributed by atoms with Crippen molar-refractivity contribution in [1.82, 2.24) is 9.97 Å². The number of benzene rings is 1. The molecule has 2 heterocycles. The fraction of sp³-hybridized carbons (Fsp3) is 0.333. The Hall–Kier alpha value is -2.10. The van der Waals surface area contributed by atoms with Crippen LogP contribution < -0.4 is 9.80 Å². The van der Waals surface area contributed by atoms with Crippen molar-refractivity contribution in [2.24, 2.45) is 0 Å². The highest BCUT2D eigenvalue weighted by molar-refractivity contribution is 5.50. The minimum atomic E-state index is 1.02. The van der Waals surface area contributed by atoms with Crippen LogP contribution in [0.4, 0.5) is 11.4 Å². The molecule has 1 aromatic heterocycles. The summed E-state index contributed by atoms with van der Waals surface area (Å²) in [5.74, 6) is 0. The molecular weight excluding hydrogens is 236 g/mol. The van der Waals surface area contributed by atoms with Crippen LogP contribution in [0.2, 0.25) is 0 Å². The zero-order valence-electron chi connectivity index (χ0n) is 11.2. The highest BCUT2D eigenvalue weighted by Gasteiger charge is 2.17. The fourth-order valence-corrected chi connectivity index (χ4v) is 2.43. The summed E-state index contributed by atoms with van der Waals surface area (Å²) in [6.45, 7) is 6.23. The van der Waals surface area contributed by atoms with Crippen LogP contribution in [0.15, 0.2) is 43.0 Å². The molecule has 0 radical (unpaired) electrons. The number of aryl methyl sites for hydroxylation is 1. The van der Waals surface area contributed by atoms with E-state index in [-0.39, 0.29) is 0 Å². The maximum absolute atomic E-state index is 4.08. The van der Waals surface area contributed by atoms with Gasteiger partial charge >= 0.3 is 0 Å². The monoisotopic (exact) mass is 254 g/mol. The van der Waals surface area contributed by atoms with Crippen molar-refractivity contribution < 1.29 is 0 Å². The summed E-state index contributed by atoms with van der Waals surface area (Å²) in [6, 6.07) is 8.76. The maximum Gasteiger partial charge on any atom is 0.115 e. The van der Waals surface area contributed by atoms with Gasteiger partial charge < -0.3 is 9.80 Å². The number of hydrogen-bond donors (Lipinski definition) is 0. The van der Waals surface area contributed by atoms with Gasteiger partial charge in [0.2, 0.25) is 0 Å². The van der Waals surface area contributed by atoms with Gasteiger partial charge in [0.15, 0.2) is 0 Å². The molecule has 0 bridgehead atoms. The average molecular weight is 254 g/mol. The smallest absolute Gasteiger partial charge is 0.115 e. The second kappa shape index (κ2) is 5.26. The van der Waals surface area contributed by atoms with E-state index < -0.39 is 0 Å². The predicted octanol–water partition coefficient (Wildman–Crippen LogP) is 2.11. The number of nitrogens with zero attached hydrogens (tertiary/aromatic N) is 4. The van der Waals surface area contributed by atoms with Crippen LogP contribution in [0.25, 0.3) is 0 Å². The summed E-state index contributed by atoms with van der Waals surface area (Å²) in [4.78, 5) is 12.9. The molecule has 0 N–H and O–H groups in total. The Kier molecular flexibility index (Phi) is 3.31. The molecule has 1 aromatic carbocycles. The minimum Gasteiger partial charge on any atom is -0.368 e. The summed E-state index contributed by atoms with van der Waals surface area (Å²) in [5.41, 5.74) is 3.74. The lowest BCUT2D eigenvalue weighted by Gasteiger charge is -2.37. The molecule has 0 spiro atoms. The predicted molar refractivity (Wildman–Crippen MR) is 77.6 cm³/mol. The van der Waals surface area contributed by atoms with Gasteiger partial charge in [-0.05, 0) is 19.1 Å². The summed E-state index contributed by atoms with van der Waals surface area (Å²) in [6.07, 6.45) is 5.34. The van der Waals surface area contributed by atoms with E-state index in [0.717, 1.165) is 31.9 Å². The first-order valence-electron chi connectivity index (χ1n) is 6.64. The molecule has 1 aliphatic rings. The molecule has 0 atom stereocenters. The van der Waals surface area contributed by atoms with Crippen LogP contribution in [-0.4, -0.2) is 36.1 Å². The van der Waals surface area contributed by atoms with Gasteiger partial charge in [0.05, 0.1) is 18.1 Å². The lowest BCUT2D eigenvalue weighted by molar-refractivity contribution is 0.651. The Morgan fingerprint density at radius 1 is 0.789 bits per heavy atom. The van der Waals surface area contributed by atoms with Crippen molar-refractivity contribution in [1.29, 1.82) is 0 Å². The number of rotatable bonds is 2. The lowest BCUT2D eigenvalue weighted by atomic mass is 10.2. The Bertz CT molecular complexity index is 516. The minimum absolute atomic E-state index is 1.02. The van der Waals surface area contributed by atoms with Crippen LogP contribution in [0.3, 0.4) is 0 Å². The molecule has 0 unspecified atom stereocenters. The molecule has 4 nitrogen and oxygen atoms in total. The van der Waals surface area contributed by atoms with Crippen LogP contribution in [0, 0.1) is 6.92 Å². The molecule has 3 rings (SSSR count). The van der Waals surface area contributed by atoms with E-state index in [0.29, 0.717) is 0 Å². The van der Waals surface area contributed by atoms with Gasteiger partial charge in [-0.15, -0.1) is 0 Å². The number of piperazine rings is 1. The van der Waals surface area contributed by atoms with Gasteiger partial charge in [-0.2, -0.15) is 0 Å². The SMILES string of the molecule is Cc1ccc(N2CCN(c3cncnc3)CC2)cc1. The van der Waals surface area contributed by atoms with E-state index >= 15 is 0 Å². The van der Waals surface area contributed by atoms with Crippen LogP contribution in [0.5, 0.6) is 0 Å². The molecule has 98 valence electrons. The van der Waals surface area contributed by atoms with Crippen molar-refractivity contribution >= 4 is 11.4 Å². The maximum atomic E-state index is 4.08. The normalized spacial score (nSPS) is 15.6. The zero-order chi connectivity index (χ0) is 13.1. The molecule has 0 saturated carbocycles. The largest absolute Gasteiger partial charge is 0.368 e. The number of anilines is 2. The third-order valence-electron chi connectivity index (χ3n) is 3.59. The van der Waals surface area contributed by atoms with Crippen LogP contribution in [-0.2, 0) is 0 Å². The van der Waals surface area contributed by atoms with E-state index in [1.54, 1.807) is 6.33 Å². The van der Waals surface area contributed by atoms with Crippen LogP contribution >= 0.6 is 0 Å².